The molecule has 51 heavy (non-hydrogen) atoms. The van der Waals surface area contributed by atoms with Crippen LogP contribution in [0.1, 0.15) is 98.1 Å². The lowest BCUT2D eigenvalue weighted by molar-refractivity contribution is -0.161. The van der Waals surface area contributed by atoms with E-state index in [1.807, 2.05) is 45.0 Å². The van der Waals surface area contributed by atoms with Crippen LogP contribution < -0.4 is 10.1 Å². The number of carbonyl (C=O) groups excluding carboxylic acids is 4. The second-order valence-electron chi connectivity index (χ2n) is 17.0. The Morgan fingerprint density at radius 3 is 2.35 bits per heavy atom. The highest BCUT2D eigenvalue weighted by molar-refractivity contribution is 7.93. The minimum Gasteiger partial charge on any atom is -0.472 e. The van der Waals surface area contributed by atoms with Gasteiger partial charge < -0.3 is 19.7 Å². The summed E-state index contributed by atoms with van der Waals surface area (Å²) in [7, 11) is -3.63. The lowest BCUT2D eigenvalue weighted by Gasteiger charge is -2.35. The number of hydrogen-bond donors (Lipinski definition) is 1. The molecule has 276 valence electrons. The molecule has 11 nitrogen and oxygen atoms in total. The summed E-state index contributed by atoms with van der Waals surface area (Å²) < 4.78 is 37.8. The van der Waals surface area contributed by atoms with E-state index in [4.69, 9.17) is 14.5 Å². The third kappa shape index (κ3) is 8.16. The summed E-state index contributed by atoms with van der Waals surface area (Å²) in [6.07, 6.45) is 4.25. The van der Waals surface area contributed by atoms with Crippen molar-refractivity contribution in [3.05, 3.63) is 48.7 Å². The standard InChI is InChI=1S/C39H51N3O8S/c1-8-25-20-39(25,32(43)22-51(47,48)27-15-16-27)41-34(45)31-18-26(49-35-28-12-10-9-11-24(28)17-30(40-35)23-13-14-23)21-42(31)36(46)29(37(2,3)4)19-33(44)50-38(5,6)7/h8-12,17,23,25-27,29,31H,1,13-16,18-22H2,2-7H3,(H,41,45)/t25-,26-,29-,31+,39-/m1/s1. The lowest BCUT2D eigenvalue weighted by Crippen LogP contribution is -2.55. The third-order valence-electron chi connectivity index (χ3n) is 10.5. The van der Waals surface area contributed by atoms with E-state index in [0.29, 0.717) is 24.6 Å². The van der Waals surface area contributed by atoms with Gasteiger partial charge in [0, 0.05) is 29.3 Å². The molecule has 1 aliphatic heterocycles. The molecule has 4 fully saturated rings. The quantitative estimate of drug-likeness (QED) is 0.221. The normalized spacial score (nSPS) is 25.6. The number of ketones is 1. The lowest BCUT2D eigenvalue weighted by atomic mass is 9.77. The zero-order valence-corrected chi connectivity index (χ0v) is 31.4. The Morgan fingerprint density at radius 1 is 1.08 bits per heavy atom. The number of sulfone groups is 1. The molecule has 1 saturated heterocycles. The topological polar surface area (TPSA) is 149 Å². The largest absolute Gasteiger partial charge is 0.472 e. The van der Waals surface area contributed by atoms with Gasteiger partial charge in [0.15, 0.2) is 15.6 Å². The van der Waals surface area contributed by atoms with Crippen molar-refractivity contribution in [2.75, 3.05) is 12.3 Å². The van der Waals surface area contributed by atoms with Crippen molar-refractivity contribution < 1.29 is 37.1 Å². The van der Waals surface area contributed by atoms with Gasteiger partial charge in [-0.2, -0.15) is 0 Å². The molecular formula is C39H51N3O8S. The highest BCUT2D eigenvalue weighted by Crippen LogP contribution is 2.47. The number of fused-ring (bicyclic) bond motifs is 1. The van der Waals surface area contributed by atoms with Crippen molar-refractivity contribution in [2.24, 2.45) is 17.3 Å². The van der Waals surface area contributed by atoms with Crippen LogP contribution in [-0.2, 0) is 33.8 Å². The maximum Gasteiger partial charge on any atom is 0.307 e. The number of likely N-dealkylation sites (tertiary alicyclic amines) is 1. The predicted octanol–water partition coefficient (Wildman–Crippen LogP) is 5.06. The third-order valence-corrected chi connectivity index (χ3v) is 12.6. The first kappa shape index (κ1) is 37.0. The SMILES string of the molecule is C=C[C@@H]1C[C@]1(NC(=O)[C@@H]1C[C@@H](Oc2nc(C3CC3)cc3ccccc23)CN1C(=O)[C@@H](CC(=O)OC(C)(C)C)C(C)(C)C)C(=O)CS(=O)(=O)C1CC1. The van der Waals surface area contributed by atoms with Gasteiger partial charge in [-0.15, -0.1) is 6.58 Å². The van der Waals surface area contributed by atoms with Crippen molar-refractivity contribution in [2.45, 2.75) is 121 Å². The number of nitrogens with one attached hydrogen (secondary N) is 1. The van der Waals surface area contributed by atoms with Crippen LogP contribution in [0.4, 0.5) is 0 Å². The molecule has 6 rings (SSSR count). The van der Waals surface area contributed by atoms with E-state index in [0.717, 1.165) is 29.3 Å². The Labute approximate surface area is 300 Å². The molecule has 3 saturated carbocycles. The zero-order chi connectivity index (χ0) is 37.1. The van der Waals surface area contributed by atoms with Crippen LogP contribution in [0.15, 0.2) is 43.0 Å². The van der Waals surface area contributed by atoms with E-state index < -0.39 is 84.9 Å². The average molecular weight is 722 g/mol. The monoisotopic (exact) mass is 721 g/mol. The maximum absolute atomic E-state index is 14.6. The molecule has 4 aliphatic rings. The molecule has 3 aliphatic carbocycles. The van der Waals surface area contributed by atoms with Crippen LogP contribution in [0.2, 0.25) is 0 Å². The molecule has 12 heteroatoms. The minimum absolute atomic E-state index is 0.0450. The first-order valence-corrected chi connectivity index (χ1v) is 19.8. The van der Waals surface area contributed by atoms with Crippen LogP contribution >= 0.6 is 0 Å². The fourth-order valence-corrected chi connectivity index (χ4v) is 8.89. The summed E-state index contributed by atoms with van der Waals surface area (Å²) in [6, 6.07) is 8.83. The van der Waals surface area contributed by atoms with Gasteiger partial charge in [0.05, 0.1) is 24.1 Å². The fourth-order valence-electron chi connectivity index (χ4n) is 7.18. The molecule has 0 bridgehead atoms. The van der Waals surface area contributed by atoms with E-state index in [1.54, 1.807) is 26.8 Å². The van der Waals surface area contributed by atoms with Crippen molar-refractivity contribution in [1.82, 2.24) is 15.2 Å². The molecule has 1 N–H and O–H groups in total. The van der Waals surface area contributed by atoms with E-state index in [2.05, 4.69) is 18.0 Å². The number of nitrogens with zero attached hydrogens (tertiary/aromatic N) is 2. The Hall–Kier alpha value is -3.80. The summed E-state index contributed by atoms with van der Waals surface area (Å²) in [5, 5.41) is 4.18. The molecule has 2 amide bonds. The van der Waals surface area contributed by atoms with Gasteiger partial charge in [-0.05, 0) is 75.8 Å². The second-order valence-corrected chi connectivity index (χ2v) is 19.3. The number of amides is 2. The summed E-state index contributed by atoms with van der Waals surface area (Å²) >= 11 is 0. The van der Waals surface area contributed by atoms with Crippen LogP contribution in [-0.4, -0.2) is 82.7 Å². The van der Waals surface area contributed by atoms with Gasteiger partial charge in [-0.1, -0.05) is 45.0 Å². The minimum atomic E-state index is -3.63. The zero-order valence-electron chi connectivity index (χ0n) is 30.6. The van der Waals surface area contributed by atoms with Gasteiger partial charge in [-0.3, -0.25) is 19.2 Å². The van der Waals surface area contributed by atoms with E-state index in [1.165, 1.54) is 4.90 Å². The first-order valence-electron chi connectivity index (χ1n) is 18.1. The summed E-state index contributed by atoms with van der Waals surface area (Å²) in [4.78, 5) is 61.9. The van der Waals surface area contributed by atoms with Gasteiger partial charge in [0.25, 0.3) is 0 Å². The highest BCUT2D eigenvalue weighted by atomic mass is 32.2. The molecule has 2 aromatic rings. The molecule has 1 aromatic heterocycles. The molecule has 2 heterocycles. The highest BCUT2D eigenvalue weighted by Gasteiger charge is 2.61. The molecule has 5 atom stereocenters. The number of rotatable bonds is 13. The number of carbonyl (C=O) groups is 4. The van der Waals surface area contributed by atoms with E-state index >= 15 is 0 Å². The summed E-state index contributed by atoms with van der Waals surface area (Å²) in [6.45, 7) is 14.7. The van der Waals surface area contributed by atoms with Crippen LogP contribution in [0.25, 0.3) is 10.8 Å². The smallest absolute Gasteiger partial charge is 0.307 e. The Balaban J connectivity index is 1.30. The van der Waals surface area contributed by atoms with Crippen molar-refractivity contribution in [3.63, 3.8) is 0 Å². The van der Waals surface area contributed by atoms with E-state index in [9.17, 15) is 27.6 Å². The molecule has 1 aromatic carbocycles. The number of pyridine rings is 1. The summed E-state index contributed by atoms with van der Waals surface area (Å²) in [5.74, 6) is -3.20. The fraction of sp³-hybridized carbons (Fsp3) is 0.615. The molecule has 0 unspecified atom stereocenters. The number of esters is 1. The van der Waals surface area contributed by atoms with Crippen molar-refractivity contribution in [1.29, 1.82) is 0 Å². The Kier molecular flexibility index (Phi) is 9.65. The number of hydrogen-bond acceptors (Lipinski definition) is 9. The van der Waals surface area contributed by atoms with Gasteiger partial charge >= 0.3 is 5.97 Å². The first-order chi connectivity index (χ1) is 23.8. The van der Waals surface area contributed by atoms with Crippen LogP contribution in [0, 0.1) is 17.3 Å². The number of Topliss-reactive ketones (excluding diaryl/α,β-unsaturated/α-hetero) is 1. The Bertz CT molecular complexity index is 1850. The van der Waals surface area contributed by atoms with Crippen LogP contribution in [0.3, 0.4) is 0 Å². The number of ether oxygens (including phenoxy) is 2. The number of aromatic nitrogens is 1. The Morgan fingerprint density at radius 2 is 1.76 bits per heavy atom. The van der Waals surface area contributed by atoms with Gasteiger partial charge in [-0.25, -0.2) is 13.4 Å². The van der Waals surface area contributed by atoms with Crippen molar-refractivity contribution >= 4 is 44.2 Å². The van der Waals surface area contributed by atoms with Crippen molar-refractivity contribution in [3.8, 4) is 5.88 Å². The maximum atomic E-state index is 14.6. The van der Waals surface area contributed by atoms with Gasteiger partial charge in [0.1, 0.15) is 29.0 Å². The second kappa shape index (κ2) is 13.3. The van der Waals surface area contributed by atoms with Gasteiger partial charge in [0.2, 0.25) is 17.7 Å². The summed E-state index contributed by atoms with van der Waals surface area (Å²) in [5.41, 5.74) is -1.89. The molecule has 0 radical (unpaired) electrons. The predicted molar refractivity (Wildman–Crippen MR) is 193 cm³/mol. The van der Waals surface area contributed by atoms with E-state index in [-0.39, 0.29) is 25.8 Å². The average Bonchev–Trinajstić information content (AvgIpc) is 3.91. The number of benzene rings is 1. The molecular weight excluding hydrogens is 671 g/mol. The molecule has 0 spiro atoms. The van der Waals surface area contributed by atoms with Crippen LogP contribution in [0.5, 0.6) is 5.88 Å².